The van der Waals surface area contributed by atoms with Gasteiger partial charge < -0.3 is 20.3 Å². The van der Waals surface area contributed by atoms with Crippen LogP contribution >= 0.6 is 0 Å². The third-order valence-electron chi connectivity index (χ3n) is 3.17. The van der Waals surface area contributed by atoms with Crippen LogP contribution in [0, 0.1) is 0 Å². The minimum Gasteiger partial charge on any atom is -0.508 e. The standard InChI is InChI=1S/C14H16N2O5/c17-10-1-2-12-11(5-10)9(6-15-12)3-4-16(7-13(18)19)8-14(20)21/h1-2,5-6,15,17H,3-4,7-8H2,(H,18,19)(H,20,21). The van der Waals surface area contributed by atoms with Crippen molar-refractivity contribution >= 4 is 22.8 Å². The van der Waals surface area contributed by atoms with E-state index in [1.165, 1.54) is 4.90 Å². The van der Waals surface area contributed by atoms with Gasteiger partial charge in [0.05, 0.1) is 13.1 Å². The molecular weight excluding hydrogens is 276 g/mol. The summed E-state index contributed by atoms with van der Waals surface area (Å²) < 4.78 is 0. The minimum absolute atomic E-state index is 0.149. The lowest BCUT2D eigenvalue weighted by molar-refractivity contribution is -0.141. The van der Waals surface area contributed by atoms with Gasteiger partial charge in [-0.1, -0.05) is 0 Å². The van der Waals surface area contributed by atoms with E-state index in [1.807, 2.05) is 0 Å². The van der Waals surface area contributed by atoms with Crippen LogP contribution in [0.2, 0.25) is 0 Å². The average molecular weight is 292 g/mol. The second kappa shape index (κ2) is 6.27. The molecule has 0 radical (unpaired) electrons. The van der Waals surface area contributed by atoms with Crippen LogP contribution in [0.3, 0.4) is 0 Å². The van der Waals surface area contributed by atoms with Gasteiger partial charge in [0.2, 0.25) is 0 Å². The number of hydrogen-bond donors (Lipinski definition) is 4. The number of aromatic nitrogens is 1. The Hall–Kier alpha value is -2.54. The summed E-state index contributed by atoms with van der Waals surface area (Å²) >= 11 is 0. The number of nitrogens with one attached hydrogen (secondary N) is 1. The number of rotatable bonds is 7. The third kappa shape index (κ3) is 3.96. The first kappa shape index (κ1) is 14.9. The van der Waals surface area contributed by atoms with E-state index in [-0.39, 0.29) is 18.8 Å². The monoisotopic (exact) mass is 292 g/mol. The van der Waals surface area contributed by atoms with E-state index in [1.54, 1.807) is 24.4 Å². The van der Waals surface area contributed by atoms with Crippen molar-refractivity contribution in [1.82, 2.24) is 9.88 Å². The number of carboxylic acid groups (broad SMARTS) is 2. The predicted octanol–water partition coefficient (Wildman–Crippen LogP) is 0.887. The van der Waals surface area contributed by atoms with Crippen molar-refractivity contribution in [2.45, 2.75) is 6.42 Å². The Balaban J connectivity index is 2.09. The van der Waals surface area contributed by atoms with Crippen LogP contribution < -0.4 is 0 Å². The fourth-order valence-corrected chi connectivity index (χ4v) is 2.25. The van der Waals surface area contributed by atoms with Crippen LogP contribution in [0.4, 0.5) is 0 Å². The van der Waals surface area contributed by atoms with Crippen LogP contribution in [0.5, 0.6) is 5.75 Å². The highest BCUT2D eigenvalue weighted by Crippen LogP contribution is 2.23. The van der Waals surface area contributed by atoms with Crippen LogP contribution in [0.25, 0.3) is 10.9 Å². The number of phenols is 1. The van der Waals surface area contributed by atoms with Crippen molar-refractivity contribution in [3.8, 4) is 5.75 Å². The predicted molar refractivity (Wildman–Crippen MR) is 75.4 cm³/mol. The Morgan fingerprint density at radius 1 is 1.14 bits per heavy atom. The number of carboxylic acids is 2. The molecule has 21 heavy (non-hydrogen) atoms. The van der Waals surface area contributed by atoms with Crippen molar-refractivity contribution in [3.05, 3.63) is 30.0 Å². The Morgan fingerprint density at radius 3 is 2.43 bits per heavy atom. The summed E-state index contributed by atoms with van der Waals surface area (Å²) in [6.45, 7) is -0.332. The quantitative estimate of drug-likeness (QED) is 0.602. The van der Waals surface area contributed by atoms with Crippen molar-refractivity contribution in [2.24, 2.45) is 0 Å². The van der Waals surface area contributed by atoms with Gasteiger partial charge in [-0.05, 0) is 30.2 Å². The first-order valence-electron chi connectivity index (χ1n) is 6.40. The first-order chi connectivity index (χ1) is 9.95. The van der Waals surface area contributed by atoms with E-state index < -0.39 is 11.9 Å². The van der Waals surface area contributed by atoms with Gasteiger partial charge in [0.25, 0.3) is 0 Å². The van der Waals surface area contributed by atoms with Gasteiger partial charge in [-0.2, -0.15) is 0 Å². The molecule has 0 saturated carbocycles. The van der Waals surface area contributed by atoms with Gasteiger partial charge in [0, 0.05) is 23.6 Å². The summed E-state index contributed by atoms with van der Waals surface area (Å²) in [4.78, 5) is 25.9. The zero-order valence-corrected chi connectivity index (χ0v) is 11.2. The molecule has 7 heteroatoms. The highest BCUT2D eigenvalue weighted by Gasteiger charge is 2.14. The van der Waals surface area contributed by atoms with Crippen LogP contribution in [0.1, 0.15) is 5.56 Å². The molecular formula is C14H16N2O5. The van der Waals surface area contributed by atoms with Crippen molar-refractivity contribution < 1.29 is 24.9 Å². The molecule has 1 aromatic carbocycles. The van der Waals surface area contributed by atoms with Gasteiger partial charge in [0.15, 0.2) is 0 Å². The number of fused-ring (bicyclic) bond motifs is 1. The number of aromatic amines is 1. The largest absolute Gasteiger partial charge is 0.508 e. The van der Waals surface area contributed by atoms with Crippen molar-refractivity contribution in [2.75, 3.05) is 19.6 Å². The molecule has 0 saturated heterocycles. The minimum atomic E-state index is -1.06. The normalized spacial score (nSPS) is 11.1. The fourth-order valence-electron chi connectivity index (χ4n) is 2.25. The fraction of sp³-hybridized carbons (Fsp3) is 0.286. The number of hydrogen-bond acceptors (Lipinski definition) is 4. The van der Waals surface area contributed by atoms with Crippen LogP contribution in [-0.2, 0) is 16.0 Å². The molecule has 0 unspecified atom stereocenters. The summed E-state index contributed by atoms with van der Waals surface area (Å²) in [5.41, 5.74) is 1.77. The van der Waals surface area contributed by atoms with E-state index in [2.05, 4.69) is 4.98 Å². The second-order valence-corrected chi connectivity index (χ2v) is 4.79. The van der Waals surface area contributed by atoms with Gasteiger partial charge in [-0.15, -0.1) is 0 Å². The van der Waals surface area contributed by atoms with Crippen LogP contribution in [-0.4, -0.2) is 56.8 Å². The van der Waals surface area contributed by atoms with Gasteiger partial charge in [-0.25, -0.2) is 0 Å². The Bertz CT molecular complexity index is 648. The molecule has 4 N–H and O–H groups in total. The smallest absolute Gasteiger partial charge is 0.317 e. The topological polar surface area (TPSA) is 114 Å². The molecule has 2 aromatic rings. The zero-order valence-electron chi connectivity index (χ0n) is 11.2. The van der Waals surface area contributed by atoms with Gasteiger partial charge in [0.1, 0.15) is 5.75 Å². The molecule has 0 spiro atoms. The number of H-pyrrole nitrogens is 1. The van der Waals surface area contributed by atoms with Crippen molar-refractivity contribution in [1.29, 1.82) is 0 Å². The molecule has 2 rings (SSSR count). The molecule has 1 heterocycles. The Kier molecular flexibility index (Phi) is 4.44. The number of aromatic hydroxyl groups is 1. The van der Waals surface area contributed by atoms with Gasteiger partial charge >= 0.3 is 11.9 Å². The number of carbonyl (C=O) groups is 2. The lowest BCUT2D eigenvalue weighted by atomic mass is 10.1. The van der Waals surface area contributed by atoms with E-state index in [0.717, 1.165) is 16.5 Å². The molecule has 0 fully saturated rings. The molecule has 7 nitrogen and oxygen atoms in total. The number of benzene rings is 1. The third-order valence-corrected chi connectivity index (χ3v) is 3.17. The molecule has 0 aliphatic carbocycles. The molecule has 0 atom stereocenters. The highest BCUT2D eigenvalue weighted by molar-refractivity contribution is 5.84. The summed E-state index contributed by atoms with van der Waals surface area (Å²) in [7, 11) is 0. The summed E-state index contributed by atoms with van der Waals surface area (Å²) in [5, 5.41) is 27.9. The van der Waals surface area contributed by atoms with Crippen LogP contribution in [0.15, 0.2) is 24.4 Å². The van der Waals surface area contributed by atoms with E-state index >= 15 is 0 Å². The number of aliphatic carboxylic acids is 2. The lowest BCUT2D eigenvalue weighted by Gasteiger charge is -2.17. The second-order valence-electron chi connectivity index (χ2n) is 4.79. The number of nitrogens with zero attached hydrogens (tertiary/aromatic N) is 1. The zero-order chi connectivity index (χ0) is 15.4. The van der Waals surface area contributed by atoms with E-state index in [4.69, 9.17) is 10.2 Å². The Labute approximate surface area is 120 Å². The summed E-state index contributed by atoms with van der Waals surface area (Å²) in [6.07, 6.45) is 2.27. The van der Waals surface area contributed by atoms with E-state index in [9.17, 15) is 14.7 Å². The molecule has 112 valence electrons. The first-order valence-corrected chi connectivity index (χ1v) is 6.40. The molecule has 1 aromatic heterocycles. The summed E-state index contributed by atoms with van der Waals surface area (Å²) in [5.74, 6) is -1.98. The maximum atomic E-state index is 10.7. The molecule has 0 aliphatic rings. The summed E-state index contributed by atoms with van der Waals surface area (Å²) in [6, 6.07) is 4.95. The van der Waals surface area contributed by atoms with E-state index in [0.29, 0.717) is 13.0 Å². The average Bonchev–Trinajstić information content (AvgIpc) is 2.77. The molecule has 0 bridgehead atoms. The maximum Gasteiger partial charge on any atom is 0.317 e. The molecule has 0 aliphatic heterocycles. The Morgan fingerprint density at radius 2 is 1.81 bits per heavy atom. The highest BCUT2D eigenvalue weighted by atomic mass is 16.4. The molecule has 0 amide bonds. The SMILES string of the molecule is O=C(O)CN(CCc1c[nH]c2ccc(O)cc12)CC(=O)O. The lowest BCUT2D eigenvalue weighted by Crippen LogP contribution is -2.35. The maximum absolute atomic E-state index is 10.7. The number of phenolic OH excluding ortho intramolecular Hbond substituents is 1. The van der Waals surface area contributed by atoms with Crippen molar-refractivity contribution in [3.63, 3.8) is 0 Å². The van der Waals surface area contributed by atoms with Gasteiger partial charge in [-0.3, -0.25) is 14.5 Å².